The molecule has 1 amide bonds. The molecule has 0 heterocycles. The number of benzene rings is 1. The molecule has 1 aliphatic carbocycles. The summed E-state index contributed by atoms with van der Waals surface area (Å²) in [5.41, 5.74) is 6.26. The molecule has 0 saturated heterocycles. The number of hydrogen-bond acceptors (Lipinski definition) is 4. The summed E-state index contributed by atoms with van der Waals surface area (Å²) in [5, 5.41) is 2.97. The minimum atomic E-state index is -0.101. The largest absolute Gasteiger partial charge is 0.493 e. The van der Waals surface area contributed by atoms with E-state index in [4.69, 9.17) is 15.2 Å². The molecule has 0 radical (unpaired) electrons. The smallest absolute Gasteiger partial charge is 0.258 e. The van der Waals surface area contributed by atoms with E-state index in [9.17, 15) is 4.79 Å². The molecule has 2 rings (SSSR count). The molecule has 5 nitrogen and oxygen atoms in total. The van der Waals surface area contributed by atoms with Gasteiger partial charge in [-0.3, -0.25) is 4.79 Å². The van der Waals surface area contributed by atoms with Gasteiger partial charge in [-0.25, -0.2) is 0 Å². The quantitative estimate of drug-likeness (QED) is 0.794. The van der Waals surface area contributed by atoms with Crippen molar-refractivity contribution in [2.24, 2.45) is 0 Å². The van der Waals surface area contributed by atoms with Crippen LogP contribution in [0.25, 0.3) is 0 Å². The van der Waals surface area contributed by atoms with E-state index in [1.165, 1.54) is 12.8 Å². The molecule has 104 valence electrons. The van der Waals surface area contributed by atoms with Crippen molar-refractivity contribution >= 4 is 11.6 Å². The Kier molecular flexibility index (Phi) is 4.49. The van der Waals surface area contributed by atoms with Crippen LogP contribution in [0.4, 0.5) is 5.69 Å². The summed E-state index contributed by atoms with van der Waals surface area (Å²) in [6.07, 6.45) is 4.50. The molecule has 0 aromatic heterocycles. The molecule has 0 unspecified atom stereocenters. The monoisotopic (exact) mass is 264 g/mol. The number of rotatable bonds is 5. The van der Waals surface area contributed by atoms with Gasteiger partial charge in [0.15, 0.2) is 18.1 Å². The van der Waals surface area contributed by atoms with Crippen LogP contribution in [-0.4, -0.2) is 25.7 Å². The minimum Gasteiger partial charge on any atom is -0.493 e. The van der Waals surface area contributed by atoms with E-state index in [1.807, 2.05) is 0 Å². The highest BCUT2D eigenvalue weighted by Crippen LogP contribution is 2.28. The predicted octanol–water partition coefficient (Wildman–Crippen LogP) is 1.71. The maximum Gasteiger partial charge on any atom is 0.258 e. The number of anilines is 1. The third kappa shape index (κ3) is 3.77. The maximum absolute atomic E-state index is 11.7. The standard InChI is InChI=1S/C14H20N2O3/c1-18-12-7-6-10(15)8-13(12)19-9-14(17)16-11-4-2-3-5-11/h6-8,11H,2-5,9,15H2,1H3,(H,16,17). The Morgan fingerprint density at radius 3 is 2.79 bits per heavy atom. The van der Waals surface area contributed by atoms with Gasteiger partial charge in [-0.05, 0) is 25.0 Å². The van der Waals surface area contributed by atoms with Crippen LogP contribution in [0.5, 0.6) is 11.5 Å². The number of nitrogens with one attached hydrogen (secondary N) is 1. The molecular weight excluding hydrogens is 244 g/mol. The Morgan fingerprint density at radius 1 is 1.37 bits per heavy atom. The lowest BCUT2D eigenvalue weighted by Gasteiger charge is -2.14. The first-order valence-electron chi connectivity index (χ1n) is 6.54. The molecule has 0 bridgehead atoms. The van der Waals surface area contributed by atoms with Gasteiger partial charge in [-0.15, -0.1) is 0 Å². The van der Waals surface area contributed by atoms with Crippen LogP contribution in [0, 0.1) is 0 Å². The Bertz CT molecular complexity index is 442. The van der Waals surface area contributed by atoms with Crippen molar-refractivity contribution in [1.82, 2.24) is 5.32 Å². The van der Waals surface area contributed by atoms with Crippen molar-refractivity contribution in [2.45, 2.75) is 31.7 Å². The first-order chi connectivity index (χ1) is 9.19. The lowest BCUT2D eigenvalue weighted by Crippen LogP contribution is -2.36. The summed E-state index contributed by atoms with van der Waals surface area (Å²) in [6, 6.07) is 5.41. The van der Waals surface area contributed by atoms with Crippen molar-refractivity contribution in [3.05, 3.63) is 18.2 Å². The average molecular weight is 264 g/mol. The van der Waals surface area contributed by atoms with Gasteiger partial charge >= 0.3 is 0 Å². The second-order valence-corrected chi connectivity index (χ2v) is 4.75. The molecule has 19 heavy (non-hydrogen) atoms. The van der Waals surface area contributed by atoms with E-state index < -0.39 is 0 Å². The van der Waals surface area contributed by atoms with Crippen molar-refractivity contribution in [2.75, 3.05) is 19.5 Å². The molecule has 1 saturated carbocycles. The maximum atomic E-state index is 11.7. The van der Waals surface area contributed by atoms with E-state index >= 15 is 0 Å². The number of nitrogen functional groups attached to an aromatic ring is 1. The summed E-state index contributed by atoms with van der Waals surface area (Å²) in [7, 11) is 1.55. The first kappa shape index (κ1) is 13.5. The summed E-state index contributed by atoms with van der Waals surface area (Å²) in [6.45, 7) is -0.0175. The van der Waals surface area contributed by atoms with Crippen molar-refractivity contribution in [3.63, 3.8) is 0 Å². The van der Waals surface area contributed by atoms with Crippen LogP contribution >= 0.6 is 0 Å². The highest BCUT2D eigenvalue weighted by Gasteiger charge is 2.17. The van der Waals surface area contributed by atoms with Gasteiger partial charge in [-0.2, -0.15) is 0 Å². The summed E-state index contributed by atoms with van der Waals surface area (Å²) < 4.78 is 10.6. The number of nitrogens with two attached hydrogens (primary N) is 1. The third-order valence-electron chi connectivity index (χ3n) is 3.27. The summed E-state index contributed by atoms with van der Waals surface area (Å²) in [4.78, 5) is 11.7. The molecule has 0 atom stereocenters. The second kappa shape index (κ2) is 6.31. The van der Waals surface area contributed by atoms with Crippen LogP contribution in [0.1, 0.15) is 25.7 Å². The molecule has 0 aliphatic heterocycles. The lowest BCUT2D eigenvalue weighted by molar-refractivity contribution is -0.123. The zero-order valence-electron chi connectivity index (χ0n) is 11.1. The van der Waals surface area contributed by atoms with Gasteiger partial charge in [0.1, 0.15) is 0 Å². The Balaban J connectivity index is 1.87. The molecule has 5 heteroatoms. The normalized spacial score (nSPS) is 15.2. The van der Waals surface area contributed by atoms with Gasteiger partial charge in [0.05, 0.1) is 7.11 Å². The molecule has 0 spiro atoms. The van der Waals surface area contributed by atoms with Crippen molar-refractivity contribution < 1.29 is 14.3 Å². The number of amides is 1. The number of ether oxygens (including phenoxy) is 2. The van der Waals surface area contributed by atoms with Gasteiger partial charge in [0.2, 0.25) is 0 Å². The van der Waals surface area contributed by atoms with Crippen LogP contribution in [0.15, 0.2) is 18.2 Å². The predicted molar refractivity (Wildman–Crippen MR) is 73.3 cm³/mol. The molecule has 1 aromatic rings. The van der Waals surface area contributed by atoms with Crippen LogP contribution < -0.4 is 20.5 Å². The fraction of sp³-hybridized carbons (Fsp3) is 0.500. The fourth-order valence-corrected chi connectivity index (χ4v) is 2.29. The molecule has 1 aromatic carbocycles. The van der Waals surface area contributed by atoms with Crippen LogP contribution in [-0.2, 0) is 4.79 Å². The SMILES string of the molecule is COc1ccc(N)cc1OCC(=O)NC1CCCC1. The topological polar surface area (TPSA) is 73.6 Å². The van der Waals surface area contributed by atoms with Crippen LogP contribution in [0.2, 0.25) is 0 Å². The van der Waals surface area contributed by atoms with Crippen LogP contribution in [0.3, 0.4) is 0 Å². The minimum absolute atomic E-state index is 0.0175. The molecule has 3 N–H and O–H groups in total. The molecule has 1 aliphatic rings. The average Bonchev–Trinajstić information content (AvgIpc) is 2.89. The highest BCUT2D eigenvalue weighted by atomic mass is 16.5. The van der Waals surface area contributed by atoms with E-state index in [-0.39, 0.29) is 12.5 Å². The summed E-state index contributed by atoms with van der Waals surface area (Å²) >= 11 is 0. The first-order valence-corrected chi connectivity index (χ1v) is 6.54. The fourth-order valence-electron chi connectivity index (χ4n) is 2.29. The number of carbonyl (C=O) groups is 1. The van der Waals surface area contributed by atoms with E-state index in [0.29, 0.717) is 23.2 Å². The van der Waals surface area contributed by atoms with Crippen molar-refractivity contribution in [1.29, 1.82) is 0 Å². The Morgan fingerprint density at radius 2 is 2.11 bits per heavy atom. The number of methoxy groups -OCH3 is 1. The van der Waals surface area contributed by atoms with E-state index in [0.717, 1.165) is 12.8 Å². The third-order valence-corrected chi connectivity index (χ3v) is 3.27. The van der Waals surface area contributed by atoms with Gasteiger partial charge < -0.3 is 20.5 Å². The Labute approximate surface area is 113 Å². The number of hydrogen-bond donors (Lipinski definition) is 2. The number of carbonyl (C=O) groups excluding carboxylic acids is 1. The second-order valence-electron chi connectivity index (χ2n) is 4.75. The molecule has 1 fully saturated rings. The Hall–Kier alpha value is -1.91. The highest BCUT2D eigenvalue weighted by molar-refractivity contribution is 5.78. The lowest BCUT2D eigenvalue weighted by atomic mass is 10.2. The zero-order valence-corrected chi connectivity index (χ0v) is 11.1. The zero-order chi connectivity index (χ0) is 13.7. The van der Waals surface area contributed by atoms with Gasteiger partial charge in [-0.1, -0.05) is 12.8 Å². The molecular formula is C14H20N2O3. The van der Waals surface area contributed by atoms with Gasteiger partial charge in [0.25, 0.3) is 5.91 Å². The van der Waals surface area contributed by atoms with E-state index in [1.54, 1.807) is 25.3 Å². The van der Waals surface area contributed by atoms with Gasteiger partial charge in [0, 0.05) is 17.8 Å². The van der Waals surface area contributed by atoms with Crippen molar-refractivity contribution in [3.8, 4) is 11.5 Å². The summed E-state index contributed by atoms with van der Waals surface area (Å²) in [5.74, 6) is 0.961. The van der Waals surface area contributed by atoms with E-state index in [2.05, 4.69) is 5.32 Å².